The van der Waals surface area contributed by atoms with Crippen LogP contribution in [0.3, 0.4) is 0 Å². The normalized spacial score (nSPS) is 11.2. The van der Waals surface area contributed by atoms with Crippen molar-refractivity contribution in [1.29, 1.82) is 5.26 Å². The zero-order valence-corrected chi connectivity index (χ0v) is 23.0. The number of rotatable bonds is 4. The first-order valence-electron chi connectivity index (χ1n) is 14.1. The SMILES string of the molecule is N#Cc1ccc(-c2cc(-c3ccccc3)nc(-c3ccc(-c4cccc5oc6c7ccccc7ccc6c45)cc3)n2)cc1. The Balaban J connectivity index is 1.24. The molecule has 0 fully saturated rings. The summed E-state index contributed by atoms with van der Waals surface area (Å²) in [5, 5.41) is 13.8. The molecule has 2 aromatic heterocycles. The first-order valence-corrected chi connectivity index (χ1v) is 14.1. The van der Waals surface area contributed by atoms with Crippen LogP contribution in [0.25, 0.3) is 77.7 Å². The molecule has 0 bridgehead atoms. The summed E-state index contributed by atoms with van der Waals surface area (Å²) in [5.74, 6) is 0.644. The second kappa shape index (κ2) is 10.1. The van der Waals surface area contributed by atoms with E-state index in [2.05, 4.69) is 84.9 Å². The Morgan fingerprint density at radius 1 is 0.535 bits per heavy atom. The molecule has 4 heteroatoms. The molecular weight excluding hydrogens is 526 g/mol. The molecule has 8 rings (SSSR count). The summed E-state index contributed by atoms with van der Waals surface area (Å²) in [6.45, 7) is 0. The molecule has 0 amide bonds. The molecular formula is C39H23N3O. The van der Waals surface area contributed by atoms with Crippen LogP contribution in [0.15, 0.2) is 144 Å². The van der Waals surface area contributed by atoms with E-state index in [0.717, 1.165) is 71.9 Å². The van der Waals surface area contributed by atoms with Crippen LogP contribution in [0.2, 0.25) is 0 Å². The third-order valence-corrected chi connectivity index (χ3v) is 7.95. The topological polar surface area (TPSA) is 62.7 Å². The zero-order valence-electron chi connectivity index (χ0n) is 23.0. The van der Waals surface area contributed by atoms with Gasteiger partial charge in [-0.15, -0.1) is 0 Å². The van der Waals surface area contributed by atoms with Gasteiger partial charge in [0.25, 0.3) is 0 Å². The molecule has 8 aromatic rings. The van der Waals surface area contributed by atoms with E-state index in [1.54, 1.807) is 0 Å². The van der Waals surface area contributed by atoms with Crippen molar-refractivity contribution in [3.05, 3.63) is 145 Å². The van der Waals surface area contributed by atoms with E-state index in [1.807, 2.05) is 60.7 Å². The maximum atomic E-state index is 9.25. The zero-order chi connectivity index (χ0) is 28.8. The minimum Gasteiger partial charge on any atom is -0.455 e. The van der Waals surface area contributed by atoms with Crippen LogP contribution < -0.4 is 0 Å². The fraction of sp³-hybridized carbons (Fsp3) is 0. The summed E-state index contributed by atoms with van der Waals surface area (Å²) in [7, 11) is 0. The lowest BCUT2D eigenvalue weighted by molar-refractivity contribution is 0.673. The van der Waals surface area contributed by atoms with Gasteiger partial charge in [-0.1, -0.05) is 109 Å². The number of hydrogen-bond donors (Lipinski definition) is 0. The van der Waals surface area contributed by atoms with Crippen molar-refractivity contribution < 1.29 is 4.42 Å². The van der Waals surface area contributed by atoms with Gasteiger partial charge in [-0.2, -0.15) is 5.26 Å². The first kappa shape index (κ1) is 24.7. The lowest BCUT2D eigenvalue weighted by atomic mass is 9.97. The van der Waals surface area contributed by atoms with E-state index in [1.165, 1.54) is 0 Å². The van der Waals surface area contributed by atoms with E-state index in [0.29, 0.717) is 11.4 Å². The lowest BCUT2D eigenvalue weighted by Crippen LogP contribution is -1.96. The standard InChI is InChI=1S/C39H23N3O/c40-24-25-13-15-29(16-14-25)35-23-34(28-8-2-1-3-9-28)41-39(42-35)30-19-17-27(18-20-30)31-11-6-12-36-37(31)33-22-21-26-7-4-5-10-32(26)38(33)43-36/h1-23H. The summed E-state index contributed by atoms with van der Waals surface area (Å²) in [5.41, 5.74) is 9.14. The smallest absolute Gasteiger partial charge is 0.160 e. The van der Waals surface area contributed by atoms with Crippen LogP contribution >= 0.6 is 0 Å². The fourth-order valence-electron chi connectivity index (χ4n) is 5.79. The average Bonchev–Trinajstić information content (AvgIpc) is 3.48. The van der Waals surface area contributed by atoms with Crippen LogP contribution in [0, 0.1) is 11.3 Å². The molecule has 43 heavy (non-hydrogen) atoms. The molecule has 0 aliphatic heterocycles. The molecule has 0 saturated heterocycles. The number of nitrogens with zero attached hydrogens (tertiary/aromatic N) is 3. The van der Waals surface area contributed by atoms with E-state index < -0.39 is 0 Å². The predicted molar refractivity (Wildman–Crippen MR) is 173 cm³/mol. The molecule has 200 valence electrons. The summed E-state index contributed by atoms with van der Waals surface area (Å²) in [4.78, 5) is 9.93. The quantitative estimate of drug-likeness (QED) is 0.219. The predicted octanol–water partition coefficient (Wildman–Crippen LogP) is 10.1. The van der Waals surface area contributed by atoms with Crippen LogP contribution in [0.5, 0.6) is 0 Å². The molecule has 0 radical (unpaired) electrons. The lowest BCUT2D eigenvalue weighted by Gasteiger charge is -2.10. The molecule has 0 aliphatic carbocycles. The maximum Gasteiger partial charge on any atom is 0.160 e. The van der Waals surface area contributed by atoms with Crippen molar-refractivity contribution in [3.63, 3.8) is 0 Å². The summed E-state index contributed by atoms with van der Waals surface area (Å²) in [6, 6.07) is 49.1. The van der Waals surface area contributed by atoms with Crippen molar-refractivity contribution in [2.45, 2.75) is 0 Å². The van der Waals surface area contributed by atoms with Gasteiger partial charge in [0, 0.05) is 32.8 Å². The van der Waals surface area contributed by atoms with Gasteiger partial charge in [0.15, 0.2) is 5.82 Å². The van der Waals surface area contributed by atoms with Gasteiger partial charge in [-0.25, -0.2) is 9.97 Å². The summed E-state index contributed by atoms with van der Waals surface area (Å²) < 4.78 is 6.41. The maximum absolute atomic E-state index is 9.25. The Morgan fingerprint density at radius 3 is 1.98 bits per heavy atom. The van der Waals surface area contributed by atoms with Gasteiger partial charge >= 0.3 is 0 Å². The second-order valence-electron chi connectivity index (χ2n) is 10.5. The van der Waals surface area contributed by atoms with Gasteiger partial charge in [0.1, 0.15) is 11.2 Å². The van der Waals surface area contributed by atoms with Crippen molar-refractivity contribution in [1.82, 2.24) is 9.97 Å². The van der Waals surface area contributed by atoms with Crippen LogP contribution in [0.1, 0.15) is 5.56 Å². The van der Waals surface area contributed by atoms with Crippen molar-refractivity contribution in [2.75, 3.05) is 0 Å². The van der Waals surface area contributed by atoms with Crippen LogP contribution in [0.4, 0.5) is 0 Å². The molecule has 0 saturated carbocycles. The molecule has 2 heterocycles. The van der Waals surface area contributed by atoms with Gasteiger partial charge in [0.05, 0.1) is 23.0 Å². The van der Waals surface area contributed by atoms with E-state index in [-0.39, 0.29) is 0 Å². The van der Waals surface area contributed by atoms with Gasteiger partial charge < -0.3 is 4.42 Å². The van der Waals surface area contributed by atoms with Crippen LogP contribution in [-0.2, 0) is 0 Å². The molecule has 4 nitrogen and oxygen atoms in total. The number of furan rings is 1. The molecule has 0 atom stereocenters. The van der Waals surface area contributed by atoms with E-state index >= 15 is 0 Å². The third-order valence-electron chi connectivity index (χ3n) is 7.95. The van der Waals surface area contributed by atoms with Gasteiger partial charge in [-0.05, 0) is 46.8 Å². The largest absolute Gasteiger partial charge is 0.455 e. The first-order chi connectivity index (χ1) is 21.2. The van der Waals surface area contributed by atoms with Gasteiger partial charge in [0.2, 0.25) is 0 Å². The van der Waals surface area contributed by atoms with Crippen LogP contribution in [-0.4, -0.2) is 9.97 Å². The minimum atomic E-state index is 0.616. The highest BCUT2D eigenvalue weighted by Gasteiger charge is 2.15. The van der Waals surface area contributed by atoms with Crippen molar-refractivity contribution in [3.8, 4) is 51.1 Å². The number of aromatic nitrogens is 2. The summed E-state index contributed by atoms with van der Waals surface area (Å²) in [6.07, 6.45) is 0. The molecule has 6 aromatic carbocycles. The van der Waals surface area contributed by atoms with Crippen molar-refractivity contribution in [2.24, 2.45) is 0 Å². The highest BCUT2D eigenvalue weighted by Crippen LogP contribution is 2.40. The molecule has 0 unspecified atom stereocenters. The monoisotopic (exact) mass is 549 g/mol. The Bertz CT molecular complexity index is 2330. The fourth-order valence-corrected chi connectivity index (χ4v) is 5.79. The average molecular weight is 550 g/mol. The number of benzene rings is 6. The number of nitriles is 1. The Morgan fingerprint density at radius 2 is 1.21 bits per heavy atom. The molecule has 0 spiro atoms. The Hall–Kier alpha value is -6.05. The molecule has 0 N–H and O–H groups in total. The minimum absolute atomic E-state index is 0.616. The Labute approximate surface area is 248 Å². The van der Waals surface area contributed by atoms with E-state index in [4.69, 9.17) is 14.4 Å². The summed E-state index contributed by atoms with van der Waals surface area (Å²) >= 11 is 0. The number of hydrogen-bond acceptors (Lipinski definition) is 4. The highest BCUT2D eigenvalue weighted by molar-refractivity contribution is 6.19. The third kappa shape index (κ3) is 4.32. The van der Waals surface area contributed by atoms with Crippen molar-refractivity contribution >= 4 is 32.7 Å². The Kier molecular flexibility index (Phi) is 5.80. The van der Waals surface area contributed by atoms with E-state index in [9.17, 15) is 5.26 Å². The highest BCUT2D eigenvalue weighted by atomic mass is 16.3. The number of fused-ring (bicyclic) bond motifs is 5. The van der Waals surface area contributed by atoms with Gasteiger partial charge in [-0.3, -0.25) is 0 Å². The molecule has 0 aliphatic rings. The second-order valence-corrected chi connectivity index (χ2v) is 10.5.